The van der Waals surface area contributed by atoms with E-state index in [1.165, 1.54) is 12.5 Å². The normalized spacial score (nSPS) is 17.4. The number of benzene rings is 1. The Balaban J connectivity index is 1.87. The van der Waals surface area contributed by atoms with Gasteiger partial charge in [0.25, 0.3) is 5.91 Å². The van der Waals surface area contributed by atoms with Crippen molar-refractivity contribution in [2.45, 2.75) is 128 Å². The molecule has 0 saturated heterocycles. The van der Waals surface area contributed by atoms with E-state index in [1.807, 2.05) is 44.2 Å². The minimum atomic E-state index is -2.08. The molecule has 13 nitrogen and oxygen atoms in total. The molecule has 0 unspecified atom stereocenters. The van der Waals surface area contributed by atoms with Gasteiger partial charge in [-0.15, -0.1) is 11.6 Å². The second kappa shape index (κ2) is 19.8. The zero-order valence-corrected chi connectivity index (χ0v) is 31.3. The van der Waals surface area contributed by atoms with E-state index in [-0.39, 0.29) is 24.7 Å². The molecule has 1 saturated carbocycles. The largest absolute Gasteiger partial charge is 0.444 e. The Morgan fingerprint density at radius 1 is 0.980 bits per heavy atom. The number of nitrogens with one attached hydrogen (secondary N) is 5. The van der Waals surface area contributed by atoms with Gasteiger partial charge in [0.15, 0.2) is 5.60 Å². The summed E-state index contributed by atoms with van der Waals surface area (Å²) >= 11 is 6.11. The van der Waals surface area contributed by atoms with Crippen molar-refractivity contribution < 1.29 is 34.1 Å². The molecule has 7 N–H and O–H groups in total. The lowest BCUT2D eigenvalue weighted by Crippen LogP contribution is -2.59. The van der Waals surface area contributed by atoms with Gasteiger partial charge < -0.3 is 41.2 Å². The molecular weight excluding hydrogens is 676 g/mol. The summed E-state index contributed by atoms with van der Waals surface area (Å²) in [5.41, 5.74) is -1.53. The van der Waals surface area contributed by atoms with E-state index in [4.69, 9.17) is 16.3 Å². The summed E-state index contributed by atoms with van der Waals surface area (Å²) in [7, 11) is 0. The number of alkyl carbamates (subject to hydrolysis) is 1. The molecule has 1 heterocycles. The van der Waals surface area contributed by atoms with E-state index in [0.29, 0.717) is 18.7 Å². The number of aliphatic hydroxyl groups is 2. The van der Waals surface area contributed by atoms with Crippen LogP contribution in [0.1, 0.15) is 90.8 Å². The lowest BCUT2D eigenvalue weighted by Gasteiger charge is -2.35. The van der Waals surface area contributed by atoms with Gasteiger partial charge in [0.1, 0.15) is 17.7 Å². The van der Waals surface area contributed by atoms with Crippen LogP contribution in [-0.2, 0) is 32.0 Å². The Bertz CT molecular complexity index is 1380. The molecular formula is C37H57ClN6O7. The highest BCUT2D eigenvalue weighted by molar-refractivity contribution is 6.20. The van der Waals surface area contributed by atoms with Crippen LogP contribution in [0.15, 0.2) is 42.9 Å². The first kappa shape index (κ1) is 41.7. The van der Waals surface area contributed by atoms with Crippen LogP contribution in [0.25, 0.3) is 0 Å². The molecule has 5 atom stereocenters. The molecule has 51 heavy (non-hydrogen) atoms. The second-order valence-electron chi connectivity index (χ2n) is 15.1. The van der Waals surface area contributed by atoms with Gasteiger partial charge >= 0.3 is 6.09 Å². The highest BCUT2D eigenvalue weighted by Crippen LogP contribution is 2.30. The van der Waals surface area contributed by atoms with Crippen LogP contribution in [0.4, 0.5) is 4.79 Å². The van der Waals surface area contributed by atoms with Crippen LogP contribution >= 0.6 is 11.6 Å². The number of aromatic amines is 1. The molecule has 1 aromatic heterocycles. The van der Waals surface area contributed by atoms with Crippen molar-refractivity contribution in [3.05, 3.63) is 54.1 Å². The summed E-state index contributed by atoms with van der Waals surface area (Å²) in [5.74, 6) is -2.03. The first-order valence-corrected chi connectivity index (χ1v) is 18.5. The van der Waals surface area contributed by atoms with Crippen LogP contribution in [0.5, 0.6) is 0 Å². The molecule has 3 rings (SSSR count). The number of ether oxygens (including phenoxy) is 1. The first-order chi connectivity index (χ1) is 24.1. The molecule has 0 bridgehead atoms. The Hall–Kier alpha value is -3.68. The number of aliphatic hydroxyl groups excluding tert-OH is 1. The van der Waals surface area contributed by atoms with Crippen molar-refractivity contribution in [3.63, 3.8) is 0 Å². The number of aromatic nitrogens is 2. The van der Waals surface area contributed by atoms with Gasteiger partial charge in [0.05, 0.1) is 24.4 Å². The Morgan fingerprint density at radius 2 is 1.63 bits per heavy atom. The lowest BCUT2D eigenvalue weighted by atomic mass is 9.82. The standard InChI is InChI=1S/C37H57ClN6O7/c1-24(2)20-40-34(48)37(50,22-38)19-31(45)28(16-25-12-8-6-9-13-25)42-33(47)30(18-27-21-39-23-41-27)43-32(46)29(17-26-14-10-7-11-15-26)44-35(49)51-36(3,4)5/h7,10-11,14-15,21,23-25,28-31,45,50H,6,8-9,12-13,16-20,22H2,1-5H3,(H,39,41)(H,40,48)(H,42,47)(H,43,46)(H,44,49)/t28-,29-,30-,31-,37+/m0/s1. The fraction of sp³-hybridized carbons (Fsp3) is 0.649. The maximum atomic E-state index is 14.1. The average molecular weight is 733 g/mol. The minimum Gasteiger partial charge on any atom is -0.444 e. The van der Waals surface area contributed by atoms with Gasteiger partial charge in [-0.3, -0.25) is 14.4 Å². The van der Waals surface area contributed by atoms with E-state index in [9.17, 15) is 29.4 Å². The van der Waals surface area contributed by atoms with E-state index in [1.54, 1.807) is 20.8 Å². The number of imidazole rings is 1. The quantitative estimate of drug-likeness (QED) is 0.113. The molecule has 0 radical (unpaired) electrons. The second-order valence-corrected chi connectivity index (χ2v) is 15.4. The van der Waals surface area contributed by atoms with E-state index < -0.39 is 71.5 Å². The average Bonchev–Trinajstić information content (AvgIpc) is 3.59. The number of alkyl halides is 1. The summed E-state index contributed by atoms with van der Waals surface area (Å²) in [5, 5.41) is 33.9. The predicted octanol–water partition coefficient (Wildman–Crippen LogP) is 3.52. The molecule has 1 fully saturated rings. The third-order valence-corrected chi connectivity index (χ3v) is 9.31. The number of hydrogen-bond donors (Lipinski definition) is 7. The molecule has 0 spiro atoms. The highest BCUT2D eigenvalue weighted by atomic mass is 35.5. The van der Waals surface area contributed by atoms with Crippen molar-refractivity contribution in [1.82, 2.24) is 31.2 Å². The summed E-state index contributed by atoms with van der Waals surface area (Å²) in [4.78, 5) is 60.9. The Labute approximate surface area is 306 Å². The summed E-state index contributed by atoms with van der Waals surface area (Å²) in [6, 6.07) is 6.03. The van der Waals surface area contributed by atoms with Crippen molar-refractivity contribution in [1.29, 1.82) is 0 Å². The van der Waals surface area contributed by atoms with Gasteiger partial charge in [0, 0.05) is 37.7 Å². The molecule has 284 valence electrons. The molecule has 4 amide bonds. The van der Waals surface area contributed by atoms with Crippen LogP contribution in [-0.4, -0.2) is 91.9 Å². The molecule has 2 aromatic rings. The van der Waals surface area contributed by atoms with E-state index in [0.717, 1.165) is 37.7 Å². The van der Waals surface area contributed by atoms with Crippen molar-refractivity contribution in [3.8, 4) is 0 Å². The van der Waals surface area contributed by atoms with Crippen LogP contribution in [0.2, 0.25) is 0 Å². The van der Waals surface area contributed by atoms with Crippen molar-refractivity contribution in [2.24, 2.45) is 11.8 Å². The molecule has 1 aliphatic carbocycles. The molecule has 0 aliphatic heterocycles. The predicted molar refractivity (Wildman–Crippen MR) is 195 cm³/mol. The molecule has 1 aliphatic rings. The topological polar surface area (TPSA) is 195 Å². The fourth-order valence-corrected chi connectivity index (χ4v) is 6.37. The number of H-pyrrole nitrogens is 1. The zero-order valence-electron chi connectivity index (χ0n) is 30.5. The van der Waals surface area contributed by atoms with Gasteiger partial charge in [-0.2, -0.15) is 0 Å². The van der Waals surface area contributed by atoms with Crippen molar-refractivity contribution >= 4 is 35.4 Å². The van der Waals surface area contributed by atoms with Crippen LogP contribution in [0, 0.1) is 11.8 Å². The Kier molecular flexibility index (Phi) is 16.2. The number of amides is 4. The number of carbonyl (C=O) groups is 4. The summed E-state index contributed by atoms with van der Waals surface area (Å²) in [6.07, 6.45) is 6.01. The number of halogens is 1. The molecule has 1 aromatic carbocycles. The summed E-state index contributed by atoms with van der Waals surface area (Å²) in [6.45, 7) is 9.30. The van der Waals surface area contributed by atoms with Crippen molar-refractivity contribution in [2.75, 3.05) is 12.4 Å². The minimum absolute atomic E-state index is 0.0253. The van der Waals surface area contributed by atoms with Crippen LogP contribution < -0.4 is 21.3 Å². The maximum Gasteiger partial charge on any atom is 0.408 e. The fourth-order valence-electron chi connectivity index (χ4n) is 6.14. The molecule has 14 heteroatoms. The summed E-state index contributed by atoms with van der Waals surface area (Å²) < 4.78 is 5.43. The monoisotopic (exact) mass is 732 g/mol. The lowest BCUT2D eigenvalue weighted by molar-refractivity contribution is -0.141. The van der Waals surface area contributed by atoms with Gasteiger partial charge in [0.2, 0.25) is 11.8 Å². The smallest absolute Gasteiger partial charge is 0.408 e. The third-order valence-electron chi connectivity index (χ3n) is 8.87. The van der Waals surface area contributed by atoms with E-state index in [2.05, 4.69) is 31.2 Å². The number of nitrogens with zero attached hydrogens (tertiary/aromatic N) is 1. The van der Waals surface area contributed by atoms with Gasteiger partial charge in [-0.05, 0) is 44.6 Å². The first-order valence-electron chi connectivity index (χ1n) is 17.9. The maximum absolute atomic E-state index is 14.1. The third kappa shape index (κ3) is 14.5. The number of rotatable bonds is 18. The Morgan fingerprint density at radius 3 is 2.22 bits per heavy atom. The van der Waals surface area contributed by atoms with Gasteiger partial charge in [-0.1, -0.05) is 76.3 Å². The van der Waals surface area contributed by atoms with E-state index >= 15 is 0 Å². The van der Waals surface area contributed by atoms with Crippen LogP contribution in [0.3, 0.4) is 0 Å². The number of carbonyl (C=O) groups excluding carboxylic acids is 4. The van der Waals surface area contributed by atoms with Gasteiger partial charge in [-0.25, -0.2) is 9.78 Å². The highest BCUT2D eigenvalue weighted by Gasteiger charge is 2.41. The zero-order chi connectivity index (χ0) is 37.6. The number of hydrogen-bond acceptors (Lipinski definition) is 8. The SMILES string of the molecule is CC(C)CNC(=O)[C@](O)(CCl)C[C@H](O)[C@H](CC1CCCCC1)NC(=O)[C@H](Cc1cnc[nH]1)NC(=O)[C@H](Cc1ccccc1)NC(=O)OC(C)(C)C.